The quantitative estimate of drug-likeness (QED) is 0.426. The zero-order valence-corrected chi connectivity index (χ0v) is 17.8. The second-order valence-corrected chi connectivity index (χ2v) is 9.54. The van der Waals surface area contributed by atoms with E-state index < -0.39 is 24.4 Å². The van der Waals surface area contributed by atoms with E-state index in [1.54, 1.807) is 0 Å². The van der Waals surface area contributed by atoms with Crippen molar-refractivity contribution in [3.8, 4) is 0 Å². The molecule has 0 aromatic carbocycles. The lowest BCUT2D eigenvalue weighted by molar-refractivity contribution is -0.145. The average molecular weight is 401 g/mol. The SMILES string of the molecule is CC(C)(C)C(=O)N(CCCCCCN1C[C@H](O)[C@@H](O)[C@H](O)[C@H]1CO)C1CCC1. The summed E-state index contributed by atoms with van der Waals surface area (Å²) in [5.74, 6) is 0.248. The first-order chi connectivity index (χ1) is 13.2. The normalized spacial score (nSPS) is 29.5. The summed E-state index contributed by atoms with van der Waals surface area (Å²) >= 11 is 0. The molecule has 1 aliphatic heterocycles. The van der Waals surface area contributed by atoms with Crippen molar-refractivity contribution in [1.82, 2.24) is 9.80 Å². The summed E-state index contributed by atoms with van der Waals surface area (Å²) in [5, 5.41) is 39.2. The number of β-amino-alcohol motifs (C(OH)–C–C–N with tert-alkyl or cyclic N) is 1. The fourth-order valence-electron chi connectivity index (χ4n) is 4.17. The van der Waals surface area contributed by atoms with Crippen LogP contribution in [-0.4, -0.2) is 92.8 Å². The van der Waals surface area contributed by atoms with Crippen LogP contribution >= 0.6 is 0 Å². The van der Waals surface area contributed by atoms with Crippen LogP contribution in [0.3, 0.4) is 0 Å². The Hall–Kier alpha value is -0.730. The highest BCUT2D eigenvalue weighted by Crippen LogP contribution is 2.29. The minimum atomic E-state index is -1.20. The van der Waals surface area contributed by atoms with Gasteiger partial charge in [-0.05, 0) is 38.6 Å². The second-order valence-electron chi connectivity index (χ2n) is 9.54. The molecule has 7 nitrogen and oxygen atoms in total. The summed E-state index contributed by atoms with van der Waals surface area (Å²) in [6, 6.07) is -0.114. The predicted molar refractivity (Wildman–Crippen MR) is 108 cm³/mol. The van der Waals surface area contributed by atoms with E-state index in [2.05, 4.69) is 4.90 Å². The van der Waals surface area contributed by atoms with Gasteiger partial charge in [0.05, 0.1) is 18.8 Å². The van der Waals surface area contributed by atoms with Gasteiger partial charge >= 0.3 is 0 Å². The Kier molecular flexibility index (Phi) is 8.70. The smallest absolute Gasteiger partial charge is 0.228 e. The number of aliphatic hydroxyl groups excluding tert-OH is 4. The lowest BCUT2D eigenvalue weighted by atomic mass is 9.87. The lowest BCUT2D eigenvalue weighted by Crippen LogP contribution is -2.62. The zero-order chi connectivity index (χ0) is 20.9. The molecule has 0 radical (unpaired) electrons. The Labute approximate surface area is 169 Å². The first-order valence-corrected chi connectivity index (χ1v) is 10.9. The van der Waals surface area contributed by atoms with E-state index in [-0.39, 0.29) is 24.5 Å². The van der Waals surface area contributed by atoms with Crippen LogP contribution < -0.4 is 0 Å². The van der Waals surface area contributed by atoms with Crippen LogP contribution in [0.1, 0.15) is 65.7 Å². The molecule has 2 rings (SSSR count). The molecule has 0 bridgehead atoms. The molecule has 4 atom stereocenters. The number of unbranched alkanes of at least 4 members (excludes halogenated alkanes) is 3. The molecule has 0 aromatic heterocycles. The largest absolute Gasteiger partial charge is 0.395 e. The van der Waals surface area contributed by atoms with Gasteiger partial charge in [-0.15, -0.1) is 0 Å². The molecule has 1 aliphatic carbocycles. The number of piperidine rings is 1. The number of carbonyl (C=O) groups excluding carboxylic acids is 1. The number of nitrogens with zero attached hydrogens (tertiary/aromatic N) is 2. The van der Waals surface area contributed by atoms with Crippen LogP contribution in [0.15, 0.2) is 0 Å². The van der Waals surface area contributed by atoms with E-state index in [9.17, 15) is 25.2 Å². The molecule has 4 N–H and O–H groups in total. The Morgan fingerprint density at radius 1 is 1.04 bits per heavy atom. The third-order valence-electron chi connectivity index (χ3n) is 6.23. The molecule has 1 amide bonds. The molecule has 2 fully saturated rings. The molecule has 1 saturated heterocycles. The highest BCUT2D eigenvalue weighted by molar-refractivity contribution is 5.81. The molecule has 0 unspecified atom stereocenters. The van der Waals surface area contributed by atoms with Crippen LogP contribution in [-0.2, 0) is 4.79 Å². The van der Waals surface area contributed by atoms with E-state index in [4.69, 9.17) is 0 Å². The van der Waals surface area contributed by atoms with Crippen molar-refractivity contribution >= 4 is 5.91 Å². The standard InChI is InChI=1S/C21H40N2O5/c1-21(2,3)20(28)23(15-9-8-10-15)12-7-5-4-6-11-22-13-17(25)19(27)18(26)16(22)14-24/h15-19,24-27H,4-14H2,1-3H3/t16-,17+,18-,19-/m1/s1. The van der Waals surface area contributed by atoms with Gasteiger partial charge in [0.15, 0.2) is 0 Å². The van der Waals surface area contributed by atoms with E-state index in [0.29, 0.717) is 12.6 Å². The fraction of sp³-hybridized carbons (Fsp3) is 0.952. The highest BCUT2D eigenvalue weighted by Gasteiger charge is 2.40. The van der Waals surface area contributed by atoms with Gasteiger partial charge in [0, 0.05) is 24.5 Å². The van der Waals surface area contributed by atoms with Crippen molar-refractivity contribution in [1.29, 1.82) is 0 Å². The predicted octanol–water partition coefficient (Wildman–Crippen LogP) is 0.733. The Morgan fingerprint density at radius 3 is 2.21 bits per heavy atom. The molecular weight excluding hydrogens is 360 g/mol. The third-order valence-corrected chi connectivity index (χ3v) is 6.23. The minimum absolute atomic E-state index is 0.240. The van der Waals surface area contributed by atoms with Crippen molar-refractivity contribution in [3.05, 3.63) is 0 Å². The summed E-state index contributed by atoms with van der Waals surface area (Å²) in [5.41, 5.74) is -0.338. The maximum absolute atomic E-state index is 12.7. The number of likely N-dealkylation sites (tertiary alicyclic amines) is 1. The van der Waals surface area contributed by atoms with Crippen molar-refractivity contribution in [2.45, 2.75) is 96.1 Å². The Morgan fingerprint density at radius 2 is 1.68 bits per heavy atom. The van der Waals surface area contributed by atoms with Gasteiger partial charge in [-0.1, -0.05) is 33.6 Å². The van der Waals surface area contributed by atoms with E-state index in [1.807, 2.05) is 25.7 Å². The monoisotopic (exact) mass is 400 g/mol. The van der Waals surface area contributed by atoms with Gasteiger partial charge in [0.1, 0.15) is 12.2 Å². The minimum Gasteiger partial charge on any atom is -0.395 e. The molecule has 2 aliphatic rings. The molecule has 1 saturated carbocycles. The van der Waals surface area contributed by atoms with Crippen molar-refractivity contribution in [2.24, 2.45) is 5.41 Å². The molecule has 0 spiro atoms. The summed E-state index contributed by atoms with van der Waals surface area (Å²) in [4.78, 5) is 16.7. The zero-order valence-electron chi connectivity index (χ0n) is 17.8. The molecule has 28 heavy (non-hydrogen) atoms. The molecule has 0 aromatic rings. The maximum atomic E-state index is 12.7. The van der Waals surface area contributed by atoms with E-state index >= 15 is 0 Å². The van der Waals surface area contributed by atoms with Crippen LogP contribution in [0.2, 0.25) is 0 Å². The lowest BCUT2D eigenvalue weighted by Gasteiger charge is -2.43. The van der Waals surface area contributed by atoms with Crippen LogP contribution in [0, 0.1) is 5.41 Å². The average Bonchev–Trinajstić information content (AvgIpc) is 2.58. The van der Waals surface area contributed by atoms with Gasteiger partial charge in [0.2, 0.25) is 5.91 Å². The molecular formula is C21H40N2O5. The first-order valence-electron chi connectivity index (χ1n) is 10.9. The third kappa shape index (κ3) is 5.89. The molecule has 7 heteroatoms. The van der Waals surface area contributed by atoms with Crippen LogP contribution in [0.4, 0.5) is 0 Å². The van der Waals surface area contributed by atoms with Crippen molar-refractivity contribution < 1.29 is 25.2 Å². The number of rotatable bonds is 9. The van der Waals surface area contributed by atoms with Gasteiger partial charge in [-0.25, -0.2) is 0 Å². The first kappa shape index (κ1) is 23.5. The number of amides is 1. The van der Waals surface area contributed by atoms with Crippen molar-refractivity contribution in [2.75, 3.05) is 26.2 Å². The molecule has 164 valence electrons. The van der Waals surface area contributed by atoms with Gasteiger partial charge in [0.25, 0.3) is 0 Å². The summed E-state index contributed by atoms with van der Waals surface area (Å²) in [6.45, 7) is 7.45. The summed E-state index contributed by atoms with van der Waals surface area (Å²) in [7, 11) is 0. The van der Waals surface area contributed by atoms with Crippen molar-refractivity contribution in [3.63, 3.8) is 0 Å². The Balaban J connectivity index is 1.71. The number of carbonyl (C=O) groups is 1. The fourth-order valence-corrected chi connectivity index (χ4v) is 4.17. The highest BCUT2D eigenvalue weighted by atomic mass is 16.4. The number of hydrogen-bond donors (Lipinski definition) is 4. The number of hydrogen-bond acceptors (Lipinski definition) is 6. The number of aliphatic hydroxyl groups is 4. The van der Waals surface area contributed by atoms with Gasteiger partial charge in [-0.3, -0.25) is 9.69 Å². The second kappa shape index (κ2) is 10.3. The van der Waals surface area contributed by atoms with E-state index in [0.717, 1.165) is 45.1 Å². The van der Waals surface area contributed by atoms with E-state index in [1.165, 1.54) is 6.42 Å². The summed E-state index contributed by atoms with van der Waals surface area (Å²) in [6.07, 6.45) is 4.02. The van der Waals surface area contributed by atoms with Gasteiger partial charge < -0.3 is 25.3 Å². The Bertz CT molecular complexity index is 492. The topological polar surface area (TPSA) is 104 Å². The van der Waals surface area contributed by atoms with Crippen LogP contribution in [0.5, 0.6) is 0 Å². The van der Waals surface area contributed by atoms with Gasteiger partial charge in [-0.2, -0.15) is 0 Å². The maximum Gasteiger partial charge on any atom is 0.228 e. The van der Waals surface area contributed by atoms with Crippen LogP contribution in [0.25, 0.3) is 0 Å². The molecule has 1 heterocycles. The summed E-state index contributed by atoms with van der Waals surface area (Å²) < 4.78 is 0.